The van der Waals surface area contributed by atoms with Gasteiger partial charge in [0.15, 0.2) is 0 Å². The van der Waals surface area contributed by atoms with Crippen LogP contribution in [0.25, 0.3) is 0 Å². The van der Waals surface area contributed by atoms with E-state index in [1.165, 1.54) is 0 Å². The minimum atomic E-state index is 0.389. The average molecular weight is 327 g/mol. The molecule has 0 bridgehead atoms. The normalized spacial score (nSPS) is 10.2. The average Bonchev–Trinajstić information content (AvgIpc) is 2.46. The Labute approximate surface area is 134 Å². The fourth-order valence-corrected chi connectivity index (χ4v) is 2.19. The van der Waals surface area contributed by atoms with E-state index in [1.54, 1.807) is 18.2 Å². The Morgan fingerprint density at radius 3 is 2.29 bits per heavy atom. The predicted octanol–water partition coefficient (Wildman–Crippen LogP) is 4.85. The summed E-state index contributed by atoms with van der Waals surface area (Å²) in [7, 11) is 0. The van der Waals surface area contributed by atoms with E-state index in [0.717, 1.165) is 11.5 Å². The largest absolute Gasteiger partial charge is 0.494 e. The van der Waals surface area contributed by atoms with Crippen LogP contribution in [-0.2, 0) is 0 Å². The lowest BCUT2D eigenvalue weighted by Gasteiger charge is -2.10. The minimum absolute atomic E-state index is 0.389. The van der Waals surface area contributed by atoms with E-state index >= 15 is 0 Å². The molecule has 0 aromatic heterocycles. The van der Waals surface area contributed by atoms with Gasteiger partial charge in [0.05, 0.1) is 11.6 Å². The molecule has 0 aliphatic heterocycles. The van der Waals surface area contributed by atoms with Gasteiger partial charge < -0.3 is 14.2 Å². The summed E-state index contributed by atoms with van der Waals surface area (Å²) in [5, 5.41) is 1.07. The van der Waals surface area contributed by atoms with Crippen LogP contribution in [0, 0.1) is 0 Å². The molecular weight excluding hydrogens is 311 g/mol. The molecule has 0 amide bonds. The van der Waals surface area contributed by atoms with Gasteiger partial charge >= 0.3 is 0 Å². The van der Waals surface area contributed by atoms with Crippen molar-refractivity contribution in [3.05, 3.63) is 52.5 Å². The van der Waals surface area contributed by atoms with Crippen LogP contribution in [-0.4, -0.2) is 19.8 Å². The highest BCUT2D eigenvalue weighted by molar-refractivity contribution is 6.35. The van der Waals surface area contributed by atoms with Gasteiger partial charge in [0, 0.05) is 11.1 Å². The second kappa shape index (κ2) is 8.01. The molecule has 3 nitrogen and oxygen atoms in total. The van der Waals surface area contributed by atoms with Crippen LogP contribution in [0.5, 0.6) is 17.2 Å². The van der Waals surface area contributed by atoms with Crippen LogP contribution in [0.1, 0.15) is 6.92 Å². The Hall–Kier alpha value is -1.58. The lowest BCUT2D eigenvalue weighted by molar-refractivity contribution is 0.216. The number of hydrogen-bond donors (Lipinski definition) is 0. The summed E-state index contributed by atoms with van der Waals surface area (Å²) in [6.07, 6.45) is 0. The van der Waals surface area contributed by atoms with Crippen molar-refractivity contribution in [2.45, 2.75) is 6.92 Å². The Bertz CT molecular complexity index is 587. The van der Waals surface area contributed by atoms with Crippen molar-refractivity contribution in [2.24, 2.45) is 0 Å². The molecule has 0 N–H and O–H groups in total. The van der Waals surface area contributed by atoms with Crippen molar-refractivity contribution in [3.63, 3.8) is 0 Å². The van der Waals surface area contributed by atoms with Gasteiger partial charge in [0.2, 0.25) is 0 Å². The van der Waals surface area contributed by atoms with Crippen molar-refractivity contribution in [3.8, 4) is 17.2 Å². The molecular formula is C16H16Cl2O3. The molecule has 0 heterocycles. The monoisotopic (exact) mass is 326 g/mol. The first-order chi connectivity index (χ1) is 10.2. The van der Waals surface area contributed by atoms with Crippen LogP contribution >= 0.6 is 23.2 Å². The maximum absolute atomic E-state index is 6.01. The van der Waals surface area contributed by atoms with Gasteiger partial charge in [0.25, 0.3) is 0 Å². The van der Waals surface area contributed by atoms with Gasteiger partial charge in [0.1, 0.15) is 30.5 Å². The molecule has 0 fully saturated rings. The highest BCUT2D eigenvalue weighted by atomic mass is 35.5. The van der Waals surface area contributed by atoms with E-state index in [4.69, 9.17) is 37.4 Å². The number of hydrogen-bond acceptors (Lipinski definition) is 3. The molecule has 112 valence electrons. The zero-order valence-electron chi connectivity index (χ0n) is 11.6. The third-order valence-electron chi connectivity index (χ3n) is 2.62. The fraction of sp³-hybridized carbons (Fsp3) is 0.250. The van der Waals surface area contributed by atoms with Crippen LogP contribution in [0.2, 0.25) is 10.0 Å². The molecule has 2 aromatic rings. The summed E-state index contributed by atoms with van der Waals surface area (Å²) < 4.78 is 16.6. The minimum Gasteiger partial charge on any atom is -0.494 e. The van der Waals surface area contributed by atoms with Crippen molar-refractivity contribution in [1.82, 2.24) is 0 Å². The molecule has 0 aliphatic carbocycles. The first kappa shape index (κ1) is 15.8. The highest BCUT2D eigenvalue weighted by Crippen LogP contribution is 2.27. The second-order valence-corrected chi connectivity index (χ2v) is 5.02. The van der Waals surface area contributed by atoms with Crippen LogP contribution in [0.4, 0.5) is 0 Å². The quantitative estimate of drug-likeness (QED) is 0.681. The molecule has 0 atom stereocenters. The highest BCUT2D eigenvalue weighted by Gasteiger charge is 2.03. The molecule has 5 heteroatoms. The number of rotatable bonds is 7. The molecule has 0 unspecified atom stereocenters. The van der Waals surface area contributed by atoms with Crippen LogP contribution < -0.4 is 14.2 Å². The molecule has 2 aromatic carbocycles. The first-order valence-corrected chi connectivity index (χ1v) is 7.38. The SMILES string of the molecule is CCOc1cccc(OCCOc2ccc(Cl)cc2Cl)c1. The van der Waals surface area contributed by atoms with Gasteiger partial charge in [-0.3, -0.25) is 0 Å². The second-order valence-electron chi connectivity index (χ2n) is 4.18. The molecule has 2 rings (SSSR count). The Balaban J connectivity index is 1.80. The van der Waals surface area contributed by atoms with Gasteiger partial charge in [-0.2, -0.15) is 0 Å². The molecule has 0 aliphatic rings. The lowest BCUT2D eigenvalue weighted by atomic mass is 10.3. The predicted molar refractivity (Wildman–Crippen MR) is 85.1 cm³/mol. The van der Waals surface area contributed by atoms with Crippen LogP contribution in [0.15, 0.2) is 42.5 Å². The number of halogens is 2. The first-order valence-electron chi connectivity index (χ1n) is 6.62. The Morgan fingerprint density at radius 1 is 0.857 bits per heavy atom. The lowest BCUT2D eigenvalue weighted by Crippen LogP contribution is -2.09. The number of benzene rings is 2. The summed E-state index contributed by atoms with van der Waals surface area (Å²) >= 11 is 11.8. The van der Waals surface area contributed by atoms with Crippen LogP contribution in [0.3, 0.4) is 0 Å². The third-order valence-corrected chi connectivity index (χ3v) is 3.15. The number of ether oxygens (including phenoxy) is 3. The topological polar surface area (TPSA) is 27.7 Å². The summed E-state index contributed by atoms with van der Waals surface area (Å²) in [6, 6.07) is 12.6. The smallest absolute Gasteiger partial charge is 0.138 e. The summed E-state index contributed by atoms with van der Waals surface area (Å²) in [6.45, 7) is 3.37. The van der Waals surface area contributed by atoms with Gasteiger partial charge in [-0.25, -0.2) is 0 Å². The maximum atomic E-state index is 6.01. The van der Waals surface area contributed by atoms with Crippen molar-refractivity contribution < 1.29 is 14.2 Å². The van der Waals surface area contributed by atoms with Gasteiger partial charge in [-0.15, -0.1) is 0 Å². The van der Waals surface area contributed by atoms with E-state index in [-0.39, 0.29) is 0 Å². The zero-order valence-corrected chi connectivity index (χ0v) is 13.2. The molecule has 0 radical (unpaired) electrons. The summed E-state index contributed by atoms with van der Waals surface area (Å²) in [5.74, 6) is 2.12. The molecule has 21 heavy (non-hydrogen) atoms. The van der Waals surface area contributed by atoms with E-state index in [9.17, 15) is 0 Å². The van der Waals surface area contributed by atoms with E-state index in [2.05, 4.69) is 0 Å². The zero-order chi connectivity index (χ0) is 15.1. The fourth-order valence-electron chi connectivity index (χ4n) is 1.72. The van der Waals surface area contributed by atoms with Crippen molar-refractivity contribution in [2.75, 3.05) is 19.8 Å². The summed E-state index contributed by atoms with van der Waals surface area (Å²) in [5.41, 5.74) is 0. The third kappa shape index (κ3) is 5.03. The van der Waals surface area contributed by atoms with E-state index in [1.807, 2.05) is 31.2 Å². The van der Waals surface area contributed by atoms with E-state index < -0.39 is 0 Å². The Kier molecular flexibility index (Phi) is 6.03. The van der Waals surface area contributed by atoms with E-state index in [0.29, 0.717) is 35.6 Å². The summed E-state index contributed by atoms with van der Waals surface area (Å²) in [4.78, 5) is 0. The Morgan fingerprint density at radius 2 is 1.57 bits per heavy atom. The van der Waals surface area contributed by atoms with Crippen molar-refractivity contribution >= 4 is 23.2 Å². The molecule has 0 saturated carbocycles. The van der Waals surface area contributed by atoms with Gasteiger partial charge in [-0.1, -0.05) is 29.3 Å². The van der Waals surface area contributed by atoms with Crippen molar-refractivity contribution in [1.29, 1.82) is 0 Å². The maximum Gasteiger partial charge on any atom is 0.138 e. The molecule has 0 spiro atoms. The van der Waals surface area contributed by atoms with Gasteiger partial charge in [-0.05, 0) is 37.3 Å². The standard InChI is InChI=1S/C16H16Cl2O3/c1-2-19-13-4-3-5-14(11-13)20-8-9-21-16-7-6-12(17)10-15(16)18/h3-7,10-11H,2,8-9H2,1H3. The molecule has 0 saturated heterocycles.